The van der Waals surface area contributed by atoms with Crippen LogP contribution in [0.15, 0.2) is 24.3 Å². The van der Waals surface area contributed by atoms with Crippen molar-refractivity contribution in [3.63, 3.8) is 0 Å². The Balaban J connectivity index is 2.20. The first-order valence-electron chi connectivity index (χ1n) is 8.06. The average Bonchev–Trinajstić information content (AvgIpc) is 2.47. The van der Waals surface area contributed by atoms with Gasteiger partial charge in [-0.2, -0.15) is 9.97 Å². The number of hydrogen-bond acceptors (Lipinski definition) is 7. The second-order valence-electron chi connectivity index (χ2n) is 5.94. The molecule has 134 valence electrons. The van der Waals surface area contributed by atoms with Crippen LogP contribution in [0.1, 0.15) is 34.6 Å². The normalized spacial score (nSPS) is 10.7. The van der Waals surface area contributed by atoms with Gasteiger partial charge in [0.25, 0.3) is 0 Å². The van der Waals surface area contributed by atoms with Crippen LogP contribution in [0.3, 0.4) is 0 Å². The minimum Gasteiger partial charge on any atom is -0.461 e. The minimum atomic E-state index is -0.121. The number of hydrogen-bond donors (Lipinski definition) is 2. The molecule has 0 aliphatic carbocycles. The van der Waals surface area contributed by atoms with Crippen molar-refractivity contribution in [3.05, 3.63) is 24.3 Å². The average molecular weight is 345 g/mol. The van der Waals surface area contributed by atoms with E-state index in [1.54, 1.807) is 24.3 Å². The molecule has 0 spiro atoms. The van der Waals surface area contributed by atoms with E-state index in [0.29, 0.717) is 11.6 Å². The second-order valence-corrected chi connectivity index (χ2v) is 5.94. The van der Waals surface area contributed by atoms with Gasteiger partial charge in [0.1, 0.15) is 0 Å². The number of carbonyl (C=O) groups is 1. The Labute approximate surface area is 147 Å². The Hall–Kier alpha value is -2.90. The summed E-state index contributed by atoms with van der Waals surface area (Å²) in [6.45, 7) is 9.02. The van der Waals surface area contributed by atoms with E-state index in [1.165, 1.54) is 6.92 Å². The highest BCUT2D eigenvalue weighted by Gasteiger charge is 2.11. The SMILES string of the molecule is CC(=O)Nc1ccc(Nc2nc(OC(C)C)nc(OC(C)C)n2)cc1. The van der Waals surface area contributed by atoms with Crippen molar-refractivity contribution in [1.29, 1.82) is 0 Å². The molecule has 2 aromatic rings. The third kappa shape index (κ3) is 6.25. The van der Waals surface area contributed by atoms with E-state index < -0.39 is 0 Å². The molecule has 0 atom stereocenters. The maximum absolute atomic E-state index is 11.1. The fraction of sp³-hybridized carbons (Fsp3) is 0.412. The lowest BCUT2D eigenvalue weighted by molar-refractivity contribution is -0.114. The topological polar surface area (TPSA) is 98.3 Å². The van der Waals surface area contributed by atoms with Crippen LogP contribution in [0, 0.1) is 0 Å². The Morgan fingerprint density at radius 3 is 1.80 bits per heavy atom. The van der Waals surface area contributed by atoms with E-state index in [9.17, 15) is 4.79 Å². The number of benzene rings is 1. The van der Waals surface area contributed by atoms with Gasteiger partial charge in [0.2, 0.25) is 11.9 Å². The maximum atomic E-state index is 11.1. The van der Waals surface area contributed by atoms with Crippen molar-refractivity contribution in [1.82, 2.24) is 15.0 Å². The fourth-order valence-corrected chi connectivity index (χ4v) is 1.89. The van der Waals surface area contributed by atoms with Crippen molar-refractivity contribution in [2.75, 3.05) is 10.6 Å². The minimum absolute atomic E-state index is 0.0703. The molecule has 8 nitrogen and oxygen atoms in total. The molecule has 0 aliphatic rings. The molecule has 1 heterocycles. The van der Waals surface area contributed by atoms with Gasteiger partial charge < -0.3 is 20.1 Å². The lowest BCUT2D eigenvalue weighted by Crippen LogP contribution is -2.14. The quantitative estimate of drug-likeness (QED) is 0.795. The molecule has 0 bridgehead atoms. The molecule has 1 aromatic carbocycles. The molecule has 0 saturated heterocycles. The van der Waals surface area contributed by atoms with Crippen LogP contribution in [-0.4, -0.2) is 33.1 Å². The largest absolute Gasteiger partial charge is 0.461 e. The standard InChI is InChI=1S/C17H23N5O3/c1-10(2)24-16-20-15(21-17(22-16)25-11(3)4)19-14-8-6-13(7-9-14)18-12(5)23/h6-11H,1-5H3,(H,18,23)(H,19,20,21,22). The predicted octanol–water partition coefficient (Wildman–Crippen LogP) is 3.15. The van der Waals surface area contributed by atoms with Crippen molar-refractivity contribution in [2.45, 2.75) is 46.8 Å². The first-order chi connectivity index (χ1) is 11.8. The highest BCUT2D eigenvalue weighted by atomic mass is 16.5. The van der Waals surface area contributed by atoms with Gasteiger partial charge in [-0.05, 0) is 52.0 Å². The van der Waals surface area contributed by atoms with Gasteiger partial charge >= 0.3 is 12.0 Å². The number of nitrogens with one attached hydrogen (secondary N) is 2. The van der Waals surface area contributed by atoms with E-state index in [4.69, 9.17) is 9.47 Å². The van der Waals surface area contributed by atoms with E-state index in [0.717, 1.165) is 5.69 Å². The Morgan fingerprint density at radius 2 is 1.36 bits per heavy atom. The zero-order valence-corrected chi connectivity index (χ0v) is 15.0. The van der Waals surface area contributed by atoms with Gasteiger partial charge in [-0.25, -0.2) is 0 Å². The molecule has 0 aliphatic heterocycles. The van der Waals surface area contributed by atoms with E-state index >= 15 is 0 Å². The maximum Gasteiger partial charge on any atom is 0.324 e. The number of nitrogens with zero attached hydrogens (tertiary/aromatic N) is 3. The summed E-state index contributed by atoms with van der Waals surface area (Å²) in [5.74, 6) is 0.192. The number of amides is 1. The summed E-state index contributed by atoms with van der Waals surface area (Å²) in [6.07, 6.45) is -0.141. The smallest absolute Gasteiger partial charge is 0.324 e. The van der Waals surface area contributed by atoms with Gasteiger partial charge in [-0.1, -0.05) is 0 Å². The summed E-state index contributed by atoms with van der Waals surface area (Å²) >= 11 is 0. The van der Waals surface area contributed by atoms with Crippen molar-refractivity contribution in [2.24, 2.45) is 0 Å². The van der Waals surface area contributed by atoms with Gasteiger partial charge in [-0.3, -0.25) is 4.79 Å². The van der Waals surface area contributed by atoms with Gasteiger partial charge in [-0.15, -0.1) is 4.98 Å². The number of ether oxygens (including phenoxy) is 2. The van der Waals surface area contributed by atoms with Gasteiger partial charge in [0, 0.05) is 18.3 Å². The monoisotopic (exact) mass is 345 g/mol. The summed E-state index contributed by atoms with van der Waals surface area (Å²) in [7, 11) is 0. The van der Waals surface area contributed by atoms with Crippen LogP contribution in [0.25, 0.3) is 0 Å². The van der Waals surface area contributed by atoms with E-state index in [2.05, 4.69) is 25.6 Å². The molecule has 0 saturated carbocycles. The first kappa shape index (κ1) is 18.4. The highest BCUT2D eigenvalue weighted by molar-refractivity contribution is 5.88. The van der Waals surface area contributed by atoms with Crippen LogP contribution in [0.2, 0.25) is 0 Å². The molecule has 0 unspecified atom stereocenters. The molecule has 8 heteroatoms. The zero-order chi connectivity index (χ0) is 18.4. The van der Waals surface area contributed by atoms with E-state index in [1.807, 2.05) is 27.7 Å². The third-order valence-corrected chi connectivity index (χ3v) is 2.74. The molecular weight excluding hydrogens is 322 g/mol. The van der Waals surface area contributed by atoms with Crippen LogP contribution in [0.4, 0.5) is 17.3 Å². The molecule has 1 amide bonds. The lowest BCUT2D eigenvalue weighted by Gasteiger charge is -2.13. The molecule has 1 aromatic heterocycles. The summed E-state index contributed by atoms with van der Waals surface area (Å²) < 4.78 is 11.1. The lowest BCUT2D eigenvalue weighted by atomic mass is 10.3. The van der Waals surface area contributed by atoms with Gasteiger partial charge in [0.15, 0.2) is 0 Å². The molecule has 0 radical (unpaired) electrons. The van der Waals surface area contributed by atoms with Crippen LogP contribution in [0.5, 0.6) is 12.0 Å². The molecule has 2 rings (SSSR count). The Morgan fingerprint density at radius 1 is 0.880 bits per heavy atom. The number of aromatic nitrogens is 3. The first-order valence-corrected chi connectivity index (χ1v) is 8.06. The summed E-state index contributed by atoms with van der Waals surface area (Å²) in [4.78, 5) is 23.7. The van der Waals surface area contributed by atoms with Crippen molar-refractivity contribution < 1.29 is 14.3 Å². The van der Waals surface area contributed by atoms with Gasteiger partial charge in [0.05, 0.1) is 12.2 Å². The molecule has 0 fully saturated rings. The Bertz CT molecular complexity index is 688. The summed E-state index contributed by atoms with van der Waals surface area (Å²) in [5, 5.41) is 5.79. The summed E-state index contributed by atoms with van der Waals surface area (Å²) in [5.41, 5.74) is 1.47. The van der Waals surface area contributed by atoms with Crippen molar-refractivity contribution >= 4 is 23.2 Å². The predicted molar refractivity (Wildman–Crippen MR) is 95.4 cm³/mol. The number of carbonyl (C=O) groups excluding carboxylic acids is 1. The zero-order valence-electron chi connectivity index (χ0n) is 15.0. The fourth-order valence-electron chi connectivity index (χ4n) is 1.89. The van der Waals surface area contributed by atoms with Crippen LogP contribution < -0.4 is 20.1 Å². The third-order valence-electron chi connectivity index (χ3n) is 2.74. The Kier molecular flexibility index (Phi) is 6.10. The molecule has 25 heavy (non-hydrogen) atoms. The van der Waals surface area contributed by atoms with Crippen LogP contribution in [-0.2, 0) is 4.79 Å². The molecule has 2 N–H and O–H groups in total. The highest BCUT2D eigenvalue weighted by Crippen LogP contribution is 2.20. The molecular formula is C17H23N5O3. The number of anilines is 3. The second kappa shape index (κ2) is 8.27. The van der Waals surface area contributed by atoms with Crippen molar-refractivity contribution in [3.8, 4) is 12.0 Å². The van der Waals surface area contributed by atoms with E-state index in [-0.39, 0.29) is 30.1 Å². The number of rotatable bonds is 7. The summed E-state index contributed by atoms with van der Waals surface area (Å²) in [6, 6.07) is 7.56. The van der Waals surface area contributed by atoms with Crippen LogP contribution >= 0.6 is 0 Å².